The molecule has 1 aliphatic heterocycles. The first-order valence-corrected chi connectivity index (χ1v) is 7.75. The second-order valence-corrected chi connectivity index (χ2v) is 6.32. The van der Waals surface area contributed by atoms with Crippen molar-refractivity contribution in [1.29, 1.82) is 0 Å². The normalized spacial score (nSPS) is 26.1. The first-order chi connectivity index (χ1) is 10.3. The molecule has 0 fully saturated rings. The minimum absolute atomic E-state index is 0.317. The quantitative estimate of drug-likeness (QED) is 0.759. The number of pyridine rings is 1. The highest BCUT2D eigenvalue weighted by molar-refractivity contribution is 6.32. The lowest BCUT2D eigenvalue weighted by Gasteiger charge is -2.38. The summed E-state index contributed by atoms with van der Waals surface area (Å²) in [5, 5.41) is 4.61. The van der Waals surface area contributed by atoms with Gasteiger partial charge in [-0.3, -0.25) is 4.98 Å². The van der Waals surface area contributed by atoms with E-state index in [0.717, 1.165) is 11.4 Å². The van der Waals surface area contributed by atoms with Crippen LogP contribution in [0, 0.1) is 12.8 Å². The summed E-state index contributed by atoms with van der Waals surface area (Å²) in [6.07, 6.45) is 9.45. The van der Waals surface area contributed by atoms with Gasteiger partial charge in [-0.15, -0.1) is 0 Å². The highest BCUT2D eigenvalue weighted by Crippen LogP contribution is 2.52. The Hall–Kier alpha value is -1.80. The summed E-state index contributed by atoms with van der Waals surface area (Å²) >= 11 is 6.49. The number of halogens is 1. The van der Waals surface area contributed by atoms with Crippen LogP contribution >= 0.6 is 11.6 Å². The molecular formula is C18H17ClN2. The van der Waals surface area contributed by atoms with E-state index in [0.29, 0.717) is 17.9 Å². The van der Waals surface area contributed by atoms with Crippen LogP contribution in [0.25, 0.3) is 0 Å². The molecular weight excluding hydrogens is 280 g/mol. The van der Waals surface area contributed by atoms with Crippen molar-refractivity contribution in [3.63, 3.8) is 0 Å². The van der Waals surface area contributed by atoms with Crippen molar-refractivity contribution in [2.75, 3.05) is 5.32 Å². The van der Waals surface area contributed by atoms with Gasteiger partial charge in [0.05, 0.1) is 6.04 Å². The Labute approximate surface area is 129 Å². The van der Waals surface area contributed by atoms with Crippen LogP contribution in [0.2, 0.25) is 5.02 Å². The number of aromatic nitrogens is 1. The smallest absolute Gasteiger partial charge is 0.0555 e. The van der Waals surface area contributed by atoms with Gasteiger partial charge in [-0.1, -0.05) is 29.8 Å². The molecule has 1 aliphatic carbocycles. The first kappa shape index (κ1) is 12.9. The lowest BCUT2D eigenvalue weighted by molar-refractivity contribution is 0.425. The molecule has 0 radical (unpaired) electrons. The maximum atomic E-state index is 6.49. The summed E-state index contributed by atoms with van der Waals surface area (Å²) in [6.45, 7) is 2.14. The van der Waals surface area contributed by atoms with E-state index in [4.69, 9.17) is 11.6 Å². The lowest BCUT2D eigenvalue weighted by Crippen LogP contribution is -2.29. The molecule has 106 valence electrons. The molecule has 1 N–H and O–H groups in total. The summed E-state index contributed by atoms with van der Waals surface area (Å²) in [6, 6.07) is 8.65. The number of anilines is 1. The van der Waals surface area contributed by atoms with E-state index < -0.39 is 0 Å². The molecule has 0 bridgehead atoms. The van der Waals surface area contributed by atoms with Gasteiger partial charge in [0, 0.05) is 34.6 Å². The summed E-state index contributed by atoms with van der Waals surface area (Å²) in [4.78, 5) is 4.14. The third-order valence-electron chi connectivity index (χ3n) is 4.74. The molecule has 0 saturated heterocycles. The molecule has 0 saturated carbocycles. The zero-order valence-electron chi connectivity index (χ0n) is 11.9. The minimum Gasteiger partial charge on any atom is -0.377 e. The fourth-order valence-electron chi connectivity index (χ4n) is 3.71. The molecule has 2 heterocycles. The lowest BCUT2D eigenvalue weighted by atomic mass is 9.76. The van der Waals surface area contributed by atoms with Crippen LogP contribution < -0.4 is 5.32 Å². The van der Waals surface area contributed by atoms with Crippen molar-refractivity contribution in [2.45, 2.75) is 25.3 Å². The Morgan fingerprint density at radius 1 is 1.19 bits per heavy atom. The van der Waals surface area contributed by atoms with Gasteiger partial charge >= 0.3 is 0 Å². The van der Waals surface area contributed by atoms with Gasteiger partial charge in [-0.05, 0) is 48.6 Å². The molecule has 2 aromatic rings. The van der Waals surface area contributed by atoms with Gasteiger partial charge in [0.1, 0.15) is 0 Å². The summed E-state index contributed by atoms with van der Waals surface area (Å²) in [5.74, 6) is 0.936. The van der Waals surface area contributed by atoms with E-state index in [1.54, 1.807) is 0 Å². The monoisotopic (exact) mass is 296 g/mol. The zero-order valence-corrected chi connectivity index (χ0v) is 12.6. The second kappa shape index (κ2) is 4.88. The second-order valence-electron chi connectivity index (χ2n) is 5.91. The standard InChI is InChI=1S/C18H17ClN2/c1-11-5-6-15(19)16-13-3-2-4-14(13)18(21-17(11)16)12-7-9-20-10-8-12/h2-3,5-10,13-14,18,21H,4H2,1H3/t13-,14-,18-/m0/s1. The SMILES string of the molecule is Cc1ccc(Cl)c2c1N[C@@H](c1ccncc1)[C@H]1CC=C[C@H]21. The maximum absolute atomic E-state index is 6.49. The van der Waals surface area contributed by atoms with E-state index >= 15 is 0 Å². The molecule has 1 aromatic heterocycles. The Balaban J connectivity index is 1.86. The highest BCUT2D eigenvalue weighted by atomic mass is 35.5. The summed E-state index contributed by atoms with van der Waals surface area (Å²) in [5.41, 5.74) is 5.03. The first-order valence-electron chi connectivity index (χ1n) is 7.38. The van der Waals surface area contributed by atoms with E-state index in [-0.39, 0.29) is 0 Å². The Morgan fingerprint density at radius 3 is 2.81 bits per heavy atom. The van der Waals surface area contributed by atoms with Crippen molar-refractivity contribution in [1.82, 2.24) is 4.98 Å². The van der Waals surface area contributed by atoms with E-state index in [2.05, 4.69) is 47.6 Å². The number of rotatable bonds is 1. The number of hydrogen-bond donors (Lipinski definition) is 1. The predicted molar refractivity (Wildman–Crippen MR) is 86.8 cm³/mol. The van der Waals surface area contributed by atoms with Crippen molar-refractivity contribution < 1.29 is 0 Å². The van der Waals surface area contributed by atoms with Crippen LogP contribution in [-0.4, -0.2) is 4.98 Å². The molecule has 2 nitrogen and oxygen atoms in total. The third kappa shape index (κ3) is 1.97. The van der Waals surface area contributed by atoms with Crippen LogP contribution in [0.4, 0.5) is 5.69 Å². The number of allylic oxidation sites excluding steroid dienone is 2. The van der Waals surface area contributed by atoms with Gasteiger partial charge in [0.15, 0.2) is 0 Å². The number of fused-ring (bicyclic) bond motifs is 3. The van der Waals surface area contributed by atoms with E-state index in [1.165, 1.54) is 22.4 Å². The molecule has 1 aromatic carbocycles. The van der Waals surface area contributed by atoms with E-state index in [1.807, 2.05) is 18.5 Å². The van der Waals surface area contributed by atoms with Crippen LogP contribution in [0.5, 0.6) is 0 Å². The number of nitrogens with zero attached hydrogens (tertiary/aromatic N) is 1. The fourth-order valence-corrected chi connectivity index (χ4v) is 3.99. The average molecular weight is 297 g/mol. The topological polar surface area (TPSA) is 24.9 Å². The van der Waals surface area contributed by atoms with Crippen LogP contribution in [0.3, 0.4) is 0 Å². The third-order valence-corrected chi connectivity index (χ3v) is 5.07. The number of aryl methyl sites for hydroxylation is 1. The number of hydrogen-bond acceptors (Lipinski definition) is 2. The minimum atomic E-state index is 0.317. The molecule has 3 heteroatoms. The largest absolute Gasteiger partial charge is 0.377 e. The van der Waals surface area contributed by atoms with Crippen molar-refractivity contribution in [3.8, 4) is 0 Å². The molecule has 0 amide bonds. The van der Waals surface area contributed by atoms with Crippen molar-refractivity contribution in [2.24, 2.45) is 5.92 Å². The Morgan fingerprint density at radius 2 is 2.00 bits per heavy atom. The Kier molecular flexibility index (Phi) is 3.00. The van der Waals surface area contributed by atoms with Gasteiger partial charge in [-0.2, -0.15) is 0 Å². The van der Waals surface area contributed by atoms with Gasteiger partial charge in [-0.25, -0.2) is 0 Å². The van der Waals surface area contributed by atoms with E-state index in [9.17, 15) is 0 Å². The summed E-state index contributed by atoms with van der Waals surface area (Å²) < 4.78 is 0. The zero-order chi connectivity index (χ0) is 14.4. The van der Waals surface area contributed by atoms with Crippen LogP contribution in [0.15, 0.2) is 48.8 Å². The molecule has 0 unspecified atom stereocenters. The molecule has 3 atom stereocenters. The molecule has 2 aliphatic rings. The molecule has 4 rings (SSSR count). The molecule has 0 spiro atoms. The van der Waals surface area contributed by atoms with Crippen molar-refractivity contribution in [3.05, 3.63) is 70.5 Å². The molecule has 21 heavy (non-hydrogen) atoms. The highest BCUT2D eigenvalue weighted by Gasteiger charge is 2.39. The maximum Gasteiger partial charge on any atom is 0.0555 e. The van der Waals surface area contributed by atoms with Gasteiger partial charge in [0.25, 0.3) is 0 Å². The average Bonchev–Trinajstić information content (AvgIpc) is 3.00. The van der Waals surface area contributed by atoms with Gasteiger partial charge < -0.3 is 5.32 Å². The fraction of sp³-hybridized carbons (Fsp3) is 0.278. The summed E-state index contributed by atoms with van der Waals surface area (Å²) in [7, 11) is 0. The Bertz CT molecular complexity index is 709. The van der Waals surface area contributed by atoms with Crippen molar-refractivity contribution >= 4 is 17.3 Å². The van der Waals surface area contributed by atoms with Crippen LogP contribution in [-0.2, 0) is 0 Å². The number of benzene rings is 1. The predicted octanol–water partition coefficient (Wildman–Crippen LogP) is 4.87. The van der Waals surface area contributed by atoms with Crippen LogP contribution in [0.1, 0.15) is 35.1 Å². The number of nitrogens with one attached hydrogen (secondary N) is 1. The van der Waals surface area contributed by atoms with Gasteiger partial charge in [0.2, 0.25) is 0 Å².